The Morgan fingerprint density at radius 3 is 2.52 bits per heavy atom. The summed E-state index contributed by atoms with van der Waals surface area (Å²) < 4.78 is 0. The molecule has 1 aromatic carbocycles. The van der Waals surface area contributed by atoms with E-state index in [0.717, 1.165) is 37.8 Å². The number of rotatable bonds is 2. The van der Waals surface area contributed by atoms with Gasteiger partial charge in [-0.1, -0.05) is 17.7 Å². The van der Waals surface area contributed by atoms with Crippen LogP contribution in [0.15, 0.2) is 24.3 Å². The van der Waals surface area contributed by atoms with Gasteiger partial charge in [-0.3, -0.25) is 4.79 Å². The molecule has 21 heavy (non-hydrogen) atoms. The maximum atomic E-state index is 12.9. The molecule has 1 N–H and O–H groups in total. The van der Waals surface area contributed by atoms with Crippen molar-refractivity contribution in [1.82, 2.24) is 0 Å². The average molecular weight is 324 g/mol. The van der Waals surface area contributed by atoms with E-state index in [1.165, 1.54) is 6.42 Å². The number of anilines is 1. The first-order valence-corrected chi connectivity index (χ1v) is 8.48. The van der Waals surface area contributed by atoms with Crippen LogP contribution in [0.2, 0.25) is 5.02 Å². The molecule has 5 rings (SSSR count). The van der Waals surface area contributed by atoms with Crippen molar-refractivity contribution in [3.05, 3.63) is 29.3 Å². The molecule has 0 saturated heterocycles. The summed E-state index contributed by atoms with van der Waals surface area (Å²) in [5, 5.41) is 3.72. The lowest BCUT2D eigenvalue weighted by Gasteiger charge is -2.59. The second-order valence-corrected chi connectivity index (χ2v) is 8.59. The van der Waals surface area contributed by atoms with E-state index < -0.39 is 0 Å². The zero-order valence-corrected chi connectivity index (χ0v) is 13.4. The van der Waals surface area contributed by atoms with Crippen LogP contribution in [0.1, 0.15) is 38.5 Å². The fourth-order valence-electron chi connectivity index (χ4n) is 5.25. The van der Waals surface area contributed by atoms with Crippen molar-refractivity contribution in [2.45, 2.75) is 43.4 Å². The molecular weight excluding hydrogens is 305 g/mol. The Hall–Kier alpha value is -0.730. The molecule has 1 amide bonds. The van der Waals surface area contributed by atoms with E-state index in [0.29, 0.717) is 16.9 Å². The maximum Gasteiger partial charge on any atom is 0.230 e. The summed E-state index contributed by atoms with van der Waals surface area (Å²) in [5.74, 6) is 1.41. The second-order valence-electron chi connectivity index (χ2n) is 7.36. The minimum Gasteiger partial charge on any atom is -0.326 e. The first-order valence-electron chi connectivity index (χ1n) is 7.72. The Morgan fingerprint density at radius 1 is 1.19 bits per heavy atom. The minimum absolute atomic E-state index is 0.129. The van der Waals surface area contributed by atoms with Gasteiger partial charge in [-0.25, -0.2) is 0 Å². The fourth-order valence-corrected chi connectivity index (χ4v) is 6.13. The van der Waals surface area contributed by atoms with E-state index in [-0.39, 0.29) is 16.2 Å². The van der Waals surface area contributed by atoms with Crippen molar-refractivity contribution in [2.24, 2.45) is 17.3 Å². The normalized spacial score (nSPS) is 40.3. The smallest absolute Gasteiger partial charge is 0.230 e. The number of benzene rings is 1. The Balaban J connectivity index is 1.59. The van der Waals surface area contributed by atoms with Crippen molar-refractivity contribution >= 4 is 34.8 Å². The van der Waals surface area contributed by atoms with Crippen molar-refractivity contribution in [1.29, 1.82) is 0 Å². The monoisotopic (exact) mass is 323 g/mol. The van der Waals surface area contributed by atoms with Gasteiger partial charge in [0.15, 0.2) is 0 Å². The zero-order chi connectivity index (χ0) is 14.7. The van der Waals surface area contributed by atoms with Crippen molar-refractivity contribution in [3.8, 4) is 0 Å². The zero-order valence-electron chi connectivity index (χ0n) is 11.9. The lowest BCUT2D eigenvalue weighted by molar-refractivity contribution is -0.138. The summed E-state index contributed by atoms with van der Waals surface area (Å²) in [6.07, 6.45) is 6.30. The molecule has 0 aromatic heterocycles. The SMILES string of the molecule is O=C(Nc1cccc(Cl)c1)C12C[C@@H]3C[C@@H](CC(Cl)(C3)C1)C2. The maximum absolute atomic E-state index is 12.9. The van der Waals surface area contributed by atoms with Gasteiger partial charge in [-0.05, 0) is 68.6 Å². The van der Waals surface area contributed by atoms with Crippen molar-refractivity contribution in [2.75, 3.05) is 5.32 Å². The Bertz CT molecular complexity index is 586. The summed E-state index contributed by atoms with van der Waals surface area (Å²) in [4.78, 5) is 12.8. The first-order chi connectivity index (χ1) is 9.96. The average Bonchev–Trinajstić information content (AvgIpc) is 2.35. The fraction of sp³-hybridized carbons (Fsp3) is 0.588. The number of alkyl halides is 1. The third-order valence-electron chi connectivity index (χ3n) is 5.55. The van der Waals surface area contributed by atoms with Gasteiger partial charge < -0.3 is 5.32 Å². The molecular formula is C17H19Cl2NO. The van der Waals surface area contributed by atoms with E-state index in [9.17, 15) is 4.79 Å². The molecule has 0 heterocycles. The number of hydrogen-bond acceptors (Lipinski definition) is 1. The lowest BCUT2D eigenvalue weighted by Crippen LogP contribution is -2.57. The van der Waals surface area contributed by atoms with E-state index in [1.54, 1.807) is 6.07 Å². The highest BCUT2D eigenvalue weighted by atomic mass is 35.5. The van der Waals surface area contributed by atoms with Gasteiger partial charge in [-0.15, -0.1) is 11.6 Å². The highest BCUT2D eigenvalue weighted by Gasteiger charge is 2.60. The summed E-state index contributed by atoms with van der Waals surface area (Å²) in [6.45, 7) is 0. The number of carbonyl (C=O) groups is 1. The van der Waals surface area contributed by atoms with E-state index in [4.69, 9.17) is 23.2 Å². The second kappa shape index (κ2) is 4.63. The molecule has 4 fully saturated rings. The van der Waals surface area contributed by atoms with Crippen LogP contribution in [-0.4, -0.2) is 10.8 Å². The molecule has 4 saturated carbocycles. The molecule has 2 nitrogen and oxygen atoms in total. The van der Waals surface area contributed by atoms with Crippen LogP contribution >= 0.6 is 23.2 Å². The Morgan fingerprint density at radius 2 is 1.90 bits per heavy atom. The van der Waals surface area contributed by atoms with Crippen LogP contribution in [0.4, 0.5) is 5.69 Å². The molecule has 112 valence electrons. The van der Waals surface area contributed by atoms with Crippen LogP contribution in [-0.2, 0) is 4.79 Å². The van der Waals surface area contributed by atoms with Gasteiger partial charge in [0.2, 0.25) is 5.91 Å². The van der Waals surface area contributed by atoms with Crippen LogP contribution in [0.5, 0.6) is 0 Å². The predicted molar refractivity (Wildman–Crippen MR) is 85.8 cm³/mol. The molecule has 4 aliphatic carbocycles. The number of hydrogen-bond donors (Lipinski definition) is 1. The highest BCUT2D eigenvalue weighted by Crippen LogP contribution is 2.64. The van der Waals surface area contributed by atoms with Gasteiger partial charge >= 0.3 is 0 Å². The lowest BCUT2D eigenvalue weighted by atomic mass is 9.49. The number of nitrogens with one attached hydrogen (secondary N) is 1. The molecule has 4 bridgehead atoms. The summed E-state index contributed by atoms with van der Waals surface area (Å²) in [6, 6.07) is 7.37. The summed E-state index contributed by atoms with van der Waals surface area (Å²) in [7, 11) is 0. The van der Waals surface area contributed by atoms with Gasteiger partial charge in [0.05, 0.1) is 5.41 Å². The molecule has 4 heteroatoms. The third kappa shape index (κ3) is 2.37. The topological polar surface area (TPSA) is 29.1 Å². The minimum atomic E-state index is -0.256. The van der Waals surface area contributed by atoms with Crippen molar-refractivity contribution < 1.29 is 4.79 Å². The highest BCUT2D eigenvalue weighted by molar-refractivity contribution is 6.30. The number of halogens is 2. The largest absolute Gasteiger partial charge is 0.326 e. The number of carbonyl (C=O) groups excluding carboxylic acids is 1. The number of amides is 1. The summed E-state index contributed by atoms with van der Waals surface area (Å²) in [5.41, 5.74) is 0.528. The molecule has 0 radical (unpaired) electrons. The van der Waals surface area contributed by atoms with Crippen LogP contribution in [0.25, 0.3) is 0 Å². The third-order valence-corrected chi connectivity index (χ3v) is 6.23. The van der Waals surface area contributed by atoms with Gasteiger partial charge in [0, 0.05) is 15.6 Å². The van der Waals surface area contributed by atoms with Gasteiger partial charge in [0.25, 0.3) is 0 Å². The molecule has 2 unspecified atom stereocenters. The van der Waals surface area contributed by atoms with Crippen LogP contribution in [0.3, 0.4) is 0 Å². The molecule has 1 aromatic rings. The Labute approximate surface area is 135 Å². The Kier molecular flexibility index (Phi) is 3.07. The van der Waals surface area contributed by atoms with Crippen LogP contribution < -0.4 is 5.32 Å². The molecule has 4 aliphatic rings. The molecule has 0 spiro atoms. The molecule has 4 atom stereocenters. The predicted octanol–water partition coefficient (Wildman–Crippen LogP) is 4.86. The first kappa shape index (κ1) is 13.9. The summed E-state index contributed by atoms with van der Waals surface area (Å²) >= 11 is 12.8. The van der Waals surface area contributed by atoms with Crippen LogP contribution in [0, 0.1) is 17.3 Å². The van der Waals surface area contributed by atoms with Gasteiger partial charge in [0.1, 0.15) is 0 Å². The molecule has 0 aliphatic heterocycles. The van der Waals surface area contributed by atoms with Crippen molar-refractivity contribution in [3.63, 3.8) is 0 Å². The standard InChI is InChI=1S/C17H19Cl2NO/c18-13-2-1-3-14(5-13)20-15(21)16-6-11-4-12(7-16)9-17(19,8-11)10-16/h1-3,5,11-12H,4,6-10H2,(H,20,21)/t11-,12+,16?,17?. The quantitative estimate of drug-likeness (QED) is 0.774. The van der Waals surface area contributed by atoms with E-state index >= 15 is 0 Å². The van der Waals surface area contributed by atoms with Gasteiger partial charge in [-0.2, -0.15) is 0 Å². The van der Waals surface area contributed by atoms with E-state index in [2.05, 4.69) is 5.32 Å². The van der Waals surface area contributed by atoms with E-state index in [1.807, 2.05) is 18.2 Å².